The molecule has 0 bridgehead atoms. The van der Waals surface area contributed by atoms with Gasteiger partial charge in [0.2, 0.25) is 5.16 Å². The number of nitrogens with zero attached hydrogens (tertiary/aromatic N) is 3. The van der Waals surface area contributed by atoms with Gasteiger partial charge in [-0.2, -0.15) is 9.36 Å². The van der Waals surface area contributed by atoms with E-state index in [0.29, 0.717) is 17.0 Å². The highest BCUT2D eigenvalue weighted by atomic mass is 32.2. The van der Waals surface area contributed by atoms with Crippen molar-refractivity contribution in [1.82, 2.24) is 14.3 Å². The molecular formula is C12H13N3O2S2. The van der Waals surface area contributed by atoms with E-state index in [1.165, 1.54) is 4.90 Å². The molecular weight excluding hydrogens is 282 g/mol. The molecule has 0 saturated heterocycles. The van der Waals surface area contributed by atoms with E-state index in [0.717, 1.165) is 28.9 Å². The Balaban J connectivity index is 1.89. The normalized spacial score (nSPS) is 10.2. The molecule has 0 fully saturated rings. The van der Waals surface area contributed by atoms with Crippen LogP contribution < -0.4 is 4.74 Å². The van der Waals surface area contributed by atoms with E-state index in [2.05, 4.69) is 9.36 Å². The first-order valence-electron chi connectivity index (χ1n) is 5.54. The highest BCUT2D eigenvalue weighted by Crippen LogP contribution is 2.23. The Morgan fingerprint density at radius 3 is 2.79 bits per heavy atom. The van der Waals surface area contributed by atoms with Crippen molar-refractivity contribution in [3.63, 3.8) is 0 Å². The Morgan fingerprint density at radius 1 is 1.37 bits per heavy atom. The number of carbonyl (C=O) groups is 1. The lowest BCUT2D eigenvalue weighted by atomic mass is 10.2. The summed E-state index contributed by atoms with van der Waals surface area (Å²) >= 11 is 2.14. The average molecular weight is 295 g/mol. The molecule has 0 radical (unpaired) electrons. The van der Waals surface area contributed by atoms with Crippen LogP contribution in [0.2, 0.25) is 0 Å². The summed E-state index contributed by atoms with van der Waals surface area (Å²) in [7, 11) is 3.38. The molecule has 2 aromatic rings. The van der Waals surface area contributed by atoms with Crippen LogP contribution in [-0.4, -0.2) is 33.6 Å². The quantitative estimate of drug-likeness (QED) is 0.812. The number of hydrogen-bond acceptors (Lipinski definition) is 6. The van der Waals surface area contributed by atoms with Crippen molar-refractivity contribution < 1.29 is 9.53 Å². The van der Waals surface area contributed by atoms with Gasteiger partial charge in [-0.15, -0.1) is 0 Å². The zero-order valence-electron chi connectivity index (χ0n) is 10.6. The van der Waals surface area contributed by atoms with Gasteiger partial charge in [-0.3, -0.25) is 4.79 Å². The lowest BCUT2D eigenvalue weighted by molar-refractivity contribution is 0.241. The molecule has 0 unspecified atom stereocenters. The fourth-order valence-electron chi connectivity index (χ4n) is 1.19. The Labute approximate surface area is 119 Å². The van der Waals surface area contributed by atoms with Crippen molar-refractivity contribution in [3.8, 4) is 5.19 Å². The minimum absolute atomic E-state index is 0.104. The third-order valence-corrected chi connectivity index (χ3v) is 3.79. The third-order valence-electron chi connectivity index (χ3n) is 2.14. The van der Waals surface area contributed by atoms with E-state index in [1.54, 1.807) is 14.1 Å². The molecule has 0 aliphatic rings. The first-order chi connectivity index (χ1) is 9.15. The molecule has 1 aromatic carbocycles. The first-order valence-corrected chi connectivity index (χ1v) is 7.13. The Kier molecular flexibility index (Phi) is 4.75. The number of hydrogen-bond donors (Lipinski definition) is 0. The fourth-order valence-corrected chi connectivity index (χ4v) is 2.41. The summed E-state index contributed by atoms with van der Waals surface area (Å²) in [4.78, 5) is 17.1. The van der Waals surface area contributed by atoms with Crippen molar-refractivity contribution in [1.29, 1.82) is 0 Å². The Morgan fingerprint density at radius 2 is 2.11 bits per heavy atom. The third kappa shape index (κ3) is 4.22. The topological polar surface area (TPSA) is 55.3 Å². The molecule has 0 saturated carbocycles. The first kappa shape index (κ1) is 13.8. The minimum atomic E-state index is -0.104. The summed E-state index contributed by atoms with van der Waals surface area (Å²) in [5.74, 6) is 0. The van der Waals surface area contributed by atoms with Gasteiger partial charge < -0.3 is 9.64 Å². The summed E-state index contributed by atoms with van der Waals surface area (Å²) < 4.78 is 9.59. The van der Waals surface area contributed by atoms with E-state index < -0.39 is 0 Å². The molecule has 0 aliphatic carbocycles. The van der Waals surface area contributed by atoms with E-state index in [4.69, 9.17) is 4.74 Å². The summed E-state index contributed by atoms with van der Waals surface area (Å²) in [5.41, 5.74) is 1.07. The molecule has 0 aliphatic heterocycles. The van der Waals surface area contributed by atoms with Gasteiger partial charge in [-0.1, -0.05) is 30.3 Å². The molecule has 2 rings (SSSR count). The number of aromatic nitrogens is 2. The van der Waals surface area contributed by atoms with Gasteiger partial charge in [0, 0.05) is 37.4 Å². The molecule has 0 spiro atoms. The molecule has 19 heavy (non-hydrogen) atoms. The van der Waals surface area contributed by atoms with Crippen LogP contribution in [0.1, 0.15) is 5.56 Å². The minimum Gasteiger partial charge on any atom is -0.464 e. The monoisotopic (exact) mass is 295 g/mol. The van der Waals surface area contributed by atoms with Crippen LogP contribution in [0.4, 0.5) is 4.79 Å². The summed E-state index contributed by atoms with van der Waals surface area (Å²) in [5, 5.41) is 0.789. The van der Waals surface area contributed by atoms with Gasteiger partial charge >= 0.3 is 0 Å². The van der Waals surface area contributed by atoms with E-state index in [1.807, 2.05) is 30.3 Å². The molecule has 0 N–H and O–H groups in total. The highest BCUT2D eigenvalue weighted by Gasteiger charge is 2.12. The lowest BCUT2D eigenvalue weighted by Gasteiger charge is -2.06. The predicted molar refractivity (Wildman–Crippen MR) is 75.6 cm³/mol. The van der Waals surface area contributed by atoms with Crippen LogP contribution in [0.5, 0.6) is 5.19 Å². The van der Waals surface area contributed by atoms with Crippen LogP contribution in [-0.2, 0) is 6.61 Å². The number of benzene rings is 1. The zero-order valence-corrected chi connectivity index (χ0v) is 12.2. The van der Waals surface area contributed by atoms with Gasteiger partial charge in [0.1, 0.15) is 6.61 Å². The van der Waals surface area contributed by atoms with Crippen molar-refractivity contribution in [3.05, 3.63) is 35.9 Å². The van der Waals surface area contributed by atoms with E-state index >= 15 is 0 Å². The van der Waals surface area contributed by atoms with Gasteiger partial charge in [-0.05, 0) is 5.56 Å². The Bertz CT molecular complexity index is 543. The molecule has 0 atom stereocenters. The van der Waals surface area contributed by atoms with Gasteiger partial charge in [0.15, 0.2) is 0 Å². The van der Waals surface area contributed by atoms with E-state index in [9.17, 15) is 4.79 Å². The van der Waals surface area contributed by atoms with Gasteiger partial charge in [0.25, 0.3) is 10.4 Å². The smallest absolute Gasteiger partial charge is 0.294 e. The van der Waals surface area contributed by atoms with Gasteiger partial charge in [0.05, 0.1) is 0 Å². The number of rotatable bonds is 4. The second-order valence-corrected chi connectivity index (χ2v) is 5.51. The number of ether oxygens (including phenoxy) is 1. The molecule has 1 aromatic heterocycles. The number of carbonyl (C=O) groups excluding carboxylic acids is 1. The van der Waals surface area contributed by atoms with Crippen molar-refractivity contribution >= 4 is 28.5 Å². The zero-order chi connectivity index (χ0) is 13.7. The van der Waals surface area contributed by atoms with Crippen LogP contribution in [0.25, 0.3) is 0 Å². The number of amides is 1. The fraction of sp³-hybridized carbons (Fsp3) is 0.250. The molecule has 100 valence electrons. The Hall–Kier alpha value is -1.60. The van der Waals surface area contributed by atoms with Crippen molar-refractivity contribution in [2.45, 2.75) is 11.8 Å². The maximum atomic E-state index is 11.5. The van der Waals surface area contributed by atoms with Crippen LogP contribution >= 0.6 is 23.3 Å². The molecule has 1 amide bonds. The van der Waals surface area contributed by atoms with Gasteiger partial charge in [-0.25, -0.2) is 0 Å². The molecule has 5 nitrogen and oxygen atoms in total. The maximum Gasteiger partial charge on any atom is 0.294 e. The summed E-state index contributed by atoms with van der Waals surface area (Å²) in [6, 6.07) is 9.82. The van der Waals surface area contributed by atoms with Crippen LogP contribution in [0, 0.1) is 0 Å². The van der Waals surface area contributed by atoms with Crippen molar-refractivity contribution in [2.75, 3.05) is 14.1 Å². The lowest BCUT2D eigenvalue weighted by Crippen LogP contribution is -2.16. The molecule has 7 heteroatoms. The second kappa shape index (κ2) is 6.53. The predicted octanol–water partition coefficient (Wildman–Crippen LogP) is 2.89. The van der Waals surface area contributed by atoms with Crippen LogP contribution in [0.3, 0.4) is 0 Å². The van der Waals surface area contributed by atoms with Crippen LogP contribution in [0.15, 0.2) is 35.5 Å². The largest absolute Gasteiger partial charge is 0.464 e. The average Bonchev–Trinajstić information content (AvgIpc) is 2.85. The summed E-state index contributed by atoms with van der Waals surface area (Å²) in [6.45, 7) is 0.446. The van der Waals surface area contributed by atoms with E-state index in [-0.39, 0.29) is 5.24 Å². The van der Waals surface area contributed by atoms with Crippen molar-refractivity contribution in [2.24, 2.45) is 0 Å². The number of thioether (sulfide) groups is 1. The highest BCUT2D eigenvalue weighted by molar-refractivity contribution is 8.13. The standard InChI is InChI=1S/C12H13N3O2S2/c1-15(2)12(16)18-10-13-11(19-14-10)17-8-9-6-4-3-5-7-9/h3-7H,8H2,1-2H3. The molecule has 1 heterocycles. The maximum absolute atomic E-state index is 11.5. The summed E-state index contributed by atoms with van der Waals surface area (Å²) in [6.07, 6.45) is 0. The second-order valence-electron chi connectivity index (χ2n) is 3.88. The SMILES string of the molecule is CN(C)C(=O)Sc1nsc(OCc2ccccc2)n1.